The SMILES string of the molecule is CN(C)C(=O)c1cccc(NC(=O)C2(C)CCN(C(=O)OC(C)(C)C)CC2)c1. The third kappa shape index (κ3) is 5.47. The Morgan fingerprint density at radius 3 is 2.29 bits per heavy atom. The van der Waals surface area contributed by atoms with Gasteiger partial charge in [0, 0.05) is 38.4 Å². The third-order valence-electron chi connectivity index (χ3n) is 4.84. The van der Waals surface area contributed by atoms with E-state index in [1.54, 1.807) is 43.3 Å². The summed E-state index contributed by atoms with van der Waals surface area (Å²) in [4.78, 5) is 40.3. The Morgan fingerprint density at radius 2 is 1.75 bits per heavy atom. The van der Waals surface area contributed by atoms with E-state index in [1.165, 1.54) is 4.90 Å². The van der Waals surface area contributed by atoms with E-state index in [0.29, 0.717) is 37.2 Å². The van der Waals surface area contributed by atoms with E-state index >= 15 is 0 Å². The average Bonchev–Trinajstić information content (AvgIpc) is 2.60. The summed E-state index contributed by atoms with van der Waals surface area (Å²) in [5.74, 6) is -0.223. The predicted octanol–water partition coefficient (Wildman–Crippen LogP) is 3.36. The Balaban J connectivity index is 1.99. The van der Waals surface area contributed by atoms with Crippen LogP contribution in [-0.2, 0) is 9.53 Å². The van der Waals surface area contributed by atoms with Gasteiger partial charge in [-0.1, -0.05) is 13.0 Å². The summed E-state index contributed by atoms with van der Waals surface area (Å²) < 4.78 is 5.41. The minimum Gasteiger partial charge on any atom is -0.444 e. The Labute approximate surface area is 167 Å². The fourth-order valence-corrected chi connectivity index (χ4v) is 3.01. The standard InChI is InChI=1S/C21H31N3O4/c1-20(2,3)28-19(27)24-12-10-21(4,11-13-24)18(26)22-16-9-7-8-15(14-16)17(25)23(5)6/h7-9,14H,10-13H2,1-6H3,(H,22,26). The molecule has 1 aromatic carbocycles. The van der Waals surface area contributed by atoms with E-state index < -0.39 is 11.0 Å². The maximum absolute atomic E-state index is 12.9. The Hall–Kier alpha value is -2.57. The van der Waals surface area contributed by atoms with Gasteiger partial charge in [0.05, 0.1) is 5.41 Å². The van der Waals surface area contributed by atoms with Crippen molar-refractivity contribution in [3.8, 4) is 0 Å². The molecule has 0 spiro atoms. The first-order valence-electron chi connectivity index (χ1n) is 9.52. The summed E-state index contributed by atoms with van der Waals surface area (Å²) in [7, 11) is 3.38. The molecule has 0 unspecified atom stereocenters. The normalized spacial score (nSPS) is 16.3. The van der Waals surface area contributed by atoms with Crippen molar-refractivity contribution in [2.45, 2.75) is 46.1 Å². The smallest absolute Gasteiger partial charge is 0.410 e. The van der Waals surface area contributed by atoms with Crippen LogP contribution in [0, 0.1) is 5.41 Å². The second kappa shape index (κ2) is 8.20. The number of hydrogen-bond donors (Lipinski definition) is 1. The number of anilines is 1. The van der Waals surface area contributed by atoms with Crippen LogP contribution in [0.3, 0.4) is 0 Å². The number of carbonyl (C=O) groups excluding carboxylic acids is 3. The lowest BCUT2D eigenvalue weighted by molar-refractivity contribution is -0.127. The van der Waals surface area contributed by atoms with Gasteiger partial charge in [-0.15, -0.1) is 0 Å². The highest BCUT2D eigenvalue weighted by Gasteiger charge is 2.39. The van der Waals surface area contributed by atoms with Gasteiger partial charge in [-0.3, -0.25) is 9.59 Å². The molecule has 0 radical (unpaired) electrons. The van der Waals surface area contributed by atoms with Crippen molar-refractivity contribution >= 4 is 23.6 Å². The zero-order chi connectivity index (χ0) is 21.1. The summed E-state index contributed by atoms with van der Waals surface area (Å²) in [6.45, 7) is 8.35. The van der Waals surface area contributed by atoms with Crippen LogP contribution in [0.5, 0.6) is 0 Å². The third-order valence-corrected chi connectivity index (χ3v) is 4.84. The first-order chi connectivity index (χ1) is 12.9. The van der Waals surface area contributed by atoms with Crippen molar-refractivity contribution in [3.05, 3.63) is 29.8 Å². The lowest BCUT2D eigenvalue weighted by Gasteiger charge is -2.38. The molecule has 3 amide bonds. The molecule has 1 aliphatic rings. The minimum atomic E-state index is -0.583. The summed E-state index contributed by atoms with van der Waals surface area (Å²) >= 11 is 0. The van der Waals surface area contributed by atoms with E-state index in [9.17, 15) is 14.4 Å². The maximum atomic E-state index is 12.9. The van der Waals surface area contributed by atoms with Crippen LogP contribution >= 0.6 is 0 Å². The number of carbonyl (C=O) groups is 3. The first kappa shape index (κ1) is 21.7. The van der Waals surface area contributed by atoms with Crippen LogP contribution in [0.4, 0.5) is 10.5 Å². The molecular weight excluding hydrogens is 358 g/mol. The van der Waals surface area contributed by atoms with Crippen molar-refractivity contribution in [2.24, 2.45) is 5.41 Å². The van der Waals surface area contributed by atoms with E-state index in [0.717, 1.165) is 0 Å². The van der Waals surface area contributed by atoms with Crippen LogP contribution in [0.1, 0.15) is 50.9 Å². The number of amides is 3. The molecule has 1 heterocycles. The van der Waals surface area contributed by atoms with Crippen LogP contribution in [0.2, 0.25) is 0 Å². The minimum absolute atomic E-state index is 0.106. The van der Waals surface area contributed by atoms with Crippen molar-refractivity contribution in [1.82, 2.24) is 9.80 Å². The molecule has 7 heteroatoms. The summed E-state index contributed by atoms with van der Waals surface area (Å²) in [6, 6.07) is 6.92. The quantitative estimate of drug-likeness (QED) is 0.860. The molecule has 1 aliphatic heterocycles. The molecule has 7 nitrogen and oxygen atoms in total. The number of piperidine rings is 1. The molecule has 0 aliphatic carbocycles. The highest BCUT2D eigenvalue weighted by Crippen LogP contribution is 2.33. The van der Waals surface area contributed by atoms with Gasteiger partial charge in [0.2, 0.25) is 5.91 Å². The fraction of sp³-hybridized carbons (Fsp3) is 0.571. The van der Waals surface area contributed by atoms with Crippen LogP contribution in [-0.4, -0.2) is 60.5 Å². The second-order valence-electron chi connectivity index (χ2n) is 8.76. The van der Waals surface area contributed by atoms with E-state index in [4.69, 9.17) is 4.74 Å². The van der Waals surface area contributed by atoms with E-state index in [1.807, 2.05) is 27.7 Å². The van der Waals surface area contributed by atoms with Crippen LogP contribution < -0.4 is 5.32 Å². The van der Waals surface area contributed by atoms with Crippen molar-refractivity contribution in [1.29, 1.82) is 0 Å². The van der Waals surface area contributed by atoms with Crippen molar-refractivity contribution in [2.75, 3.05) is 32.5 Å². The monoisotopic (exact) mass is 389 g/mol. The molecule has 0 aromatic heterocycles. The number of rotatable bonds is 3. The summed E-state index contributed by atoms with van der Waals surface area (Å²) in [5, 5.41) is 2.92. The number of nitrogens with zero attached hydrogens (tertiary/aromatic N) is 2. The number of ether oxygens (including phenoxy) is 1. The molecule has 1 N–H and O–H groups in total. The molecule has 2 rings (SSSR count). The lowest BCUT2D eigenvalue weighted by Crippen LogP contribution is -2.48. The summed E-state index contributed by atoms with van der Waals surface area (Å²) in [5.41, 5.74) is -0.00852. The van der Waals surface area contributed by atoms with Gasteiger partial charge in [-0.05, 0) is 51.8 Å². The number of benzene rings is 1. The molecule has 0 saturated carbocycles. The van der Waals surface area contributed by atoms with Gasteiger partial charge in [0.15, 0.2) is 0 Å². The van der Waals surface area contributed by atoms with Crippen molar-refractivity contribution < 1.29 is 19.1 Å². The maximum Gasteiger partial charge on any atom is 0.410 e. The topological polar surface area (TPSA) is 79.0 Å². The van der Waals surface area contributed by atoms with Crippen LogP contribution in [0.25, 0.3) is 0 Å². The fourth-order valence-electron chi connectivity index (χ4n) is 3.01. The lowest BCUT2D eigenvalue weighted by atomic mass is 9.79. The molecule has 154 valence electrons. The largest absolute Gasteiger partial charge is 0.444 e. The Kier molecular flexibility index (Phi) is 6.37. The molecule has 0 bridgehead atoms. The Bertz CT molecular complexity index is 744. The van der Waals surface area contributed by atoms with Gasteiger partial charge < -0.3 is 19.9 Å². The molecule has 28 heavy (non-hydrogen) atoms. The van der Waals surface area contributed by atoms with Gasteiger partial charge >= 0.3 is 6.09 Å². The van der Waals surface area contributed by atoms with Gasteiger partial charge in [0.1, 0.15) is 5.60 Å². The first-order valence-corrected chi connectivity index (χ1v) is 9.52. The Morgan fingerprint density at radius 1 is 1.14 bits per heavy atom. The number of nitrogens with one attached hydrogen (secondary N) is 1. The molecule has 1 fully saturated rings. The van der Waals surface area contributed by atoms with E-state index in [-0.39, 0.29) is 17.9 Å². The molecule has 1 aromatic rings. The molecular formula is C21H31N3O4. The number of hydrogen-bond acceptors (Lipinski definition) is 4. The zero-order valence-electron chi connectivity index (χ0n) is 17.7. The summed E-state index contributed by atoms with van der Waals surface area (Å²) in [6.07, 6.45) is 0.757. The van der Waals surface area contributed by atoms with Gasteiger partial charge in [-0.2, -0.15) is 0 Å². The van der Waals surface area contributed by atoms with E-state index in [2.05, 4.69) is 5.32 Å². The zero-order valence-corrected chi connectivity index (χ0v) is 17.7. The second-order valence-corrected chi connectivity index (χ2v) is 8.76. The predicted molar refractivity (Wildman–Crippen MR) is 108 cm³/mol. The van der Waals surface area contributed by atoms with Crippen LogP contribution in [0.15, 0.2) is 24.3 Å². The highest BCUT2D eigenvalue weighted by atomic mass is 16.6. The highest BCUT2D eigenvalue weighted by molar-refractivity contribution is 5.98. The molecule has 1 saturated heterocycles. The number of likely N-dealkylation sites (tertiary alicyclic amines) is 1. The average molecular weight is 389 g/mol. The molecule has 0 atom stereocenters. The van der Waals surface area contributed by atoms with Crippen molar-refractivity contribution in [3.63, 3.8) is 0 Å². The van der Waals surface area contributed by atoms with Gasteiger partial charge in [-0.25, -0.2) is 4.79 Å². The van der Waals surface area contributed by atoms with Gasteiger partial charge in [0.25, 0.3) is 5.91 Å².